The first-order valence-corrected chi connectivity index (χ1v) is 6.64. The van der Waals surface area contributed by atoms with Gasteiger partial charge in [0, 0.05) is 6.04 Å². The number of urea groups is 1. The quantitative estimate of drug-likeness (QED) is 0.572. The lowest BCUT2D eigenvalue weighted by atomic mass is 10.0. The number of nitrogens with two attached hydrogens (primary N) is 2. The SMILES string of the molecule is CCC[C@@H](NC(N)=O)C(=O)NC1CCCC1CN.Cl. The molecule has 1 rings (SSSR count). The molecule has 0 saturated heterocycles. The van der Waals surface area contributed by atoms with Crippen molar-refractivity contribution in [2.75, 3.05) is 6.54 Å². The molecule has 0 radical (unpaired) electrons. The average molecular weight is 293 g/mol. The van der Waals surface area contributed by atoms with E-state index in [1.807, 2.05) is 6.92 Å². The number of nitrogens with one attached hydrogen (secondary N) is 2. The Morgan fingerprint density at radius 3 is 2.58 bits per heavy atom. The van der Waals surface area contributed by atoms with Crippen molar-refractivity contribution in [1.29, 1.82) is 0 Å². The monoisotopic (exact) mass is 292 g/mol. The number of carbonyl (C=O) groups excluding carboxylic acids is 2. The third-order valence-corrected chi connectivity index (χ3v) is 3.50. The molecule has 0 spiro atoms. The third kappa shape index (κ3) is 5.65. The van der Waals surface area contributed by atoms with E-state index in [1.165, 1.54) is 0 Å². The Bertz CT molecular complexity index is 301. The normalized spacial score (nSPS) is 23.3. The Morgan fingerprint density at radius 1 is 1.37 bits per heavy atom. The lowest BCUT2D eigenvalue weighted by Gasteiger charge is -2.23. The topological polar surface area (TPSA) is 110 Å². The number of halogens is 1. The van der Waals surface area contributed by atoms with Gasteiger partial charge in [0.1, 0.15) is 6.04 Å². The van der Waals surface area contributed by atoms with Gasteiger partial charge >= 0.3 is 6.03 Å². The molecule has 7 heteroatoms. The number of rotatable bonds is 6. The first-order chi connectivity index (χ1) is 8.58. The van der Waals surface area contributed by atoms with Crippen LogP contribution in [0.15, 0.2) is 0 Å². The summed E-state index contributed by atoms with van der Waals surface area (Å²) in [5.41, 5.74) is 10.7. The maximum atomic E-state index is 12.1. The molecule has 0 aromatic heterocycles. The van der Waals surface area contributed by atoms with Gasteiger partial charge in [0.25, 0.3) is 0 Å². The van der Waals surface area contributed by atoms with Gasteiger partial charge in [-0.05, 0) is 31.7 Å². The second-order valence-corrected chi connectivity index (χ2v) is 4.89. The molecule has 0 aliphatic heterocycles. The van der Waals surface area contributed by atoms with Gasteiger partial charge in [0.15, 0.2) is 0 Å². The molecule has 112 valence electrons. The molecule has 1 aliphatic carbocycles. The number of hydrogen-bond donors (Lipinski definition) is 4. The summed E-state index contributed by atoms with van der Waals surface area (Å²) in [5, 5.41) is 5.46. The minimum Gasteiger partial charge on any atom is -0.352 e. The summed E-state index contributed by atoms with van der Waals surface area (Å²) in [5.74, 6) is 0.200. The predicted molar refractivity (Wildman–Crippen MR) is 77.0 cm³/mol. The Labute approximate surface area is 120 Å². The molecular weight excluding hydrogens is 268 g/mol. The molecular formula is C12H25ClN4O2. The van der Waals surface area contributed by atoms with Crippen molar-refractivity contribution < 1.29 is 9.59 Å². The van der Waals surface area contributed by atoms with E-state index in [9.17, 15) is 9.59 Å². The number of hydrogen-bond acceptors (Lipinski definition) is 3. The largest absolute Gasteiger partial charge is 0.352 e. The van der Waals surface area contributed by atoms with E-state index in [2.05, 4.69) is 10.6 Å². The Balaban J connectivity index is 0.00000324. The van der Waals surface area contributed by atoms with E-state index < -0.39 is 12.1 Å². The van der Waals surface area contributed by atoms with Crippen LogP contribution in [0.3, 0.4) is 0 Å². The number of carbonyl (C=O) groups is 2. The van der Waals surface area contributed by atoms with Crippen LogP contribution in [0.4, 0.5) is 4.79 Å². The Hall–Kier alpha value is -1.01. The molecule has 0 aromatic carbocycles. The van der Waals surface area contributed by atoms with Crippen LogP contribution in [-0.4, -0.2) is 30.6 Å². The van der Waals surface area contributed by atoms with Gasteiger partial charge in [0.2, 0.25) is 5.91 Å². The van der Waals surface area contributed by atoms with Gasteiger partial charge in [-0.3, -0.25) is 4.79 Å². The van der Waals surface area contributed by atoms with E-state index in [0.29, 0.717) is 18.9 Å². The molecule has 1 fully saturated rings. The summed E-state index contributed by atoms with van der Waals surface area (Å²) in [4.78, 5) is 22.9. The highest BCUT2D eigenvalue weighted by molar-refractivity contribution is 5.86. The van der Waals surface area contributed by atoms with Crippen molar-refractivity contribution in [3.63, 3.8) is 0 Å². The van der Waals surface area contributed by atoms with Gasteiger partial charge in [-0.25, -0.2) is 4.79 Å². The van der Waals surface area contributed by atoms with Gasteiger partial charge < -0.3 is 22.1 Å². The lowest BCUT2D eigenvalue weighted by molar-refractivity contribution is -0.124. The third-order valence-electron chi connectivity index (χ3n) is 3.50. The van der Waals surface area contributed by atoms with Crippen LogP contribution in [0.5, 0.6) is 0 Å². The Morgan fingerprint density at radius 2 is 2.05 bits per heavy atom. The minimum atomic E-state index is -0.662. The van der Waals surface area contributed by atoms with E-state index >= 15 is 0 Å². The fourth-order valence-corrected chi connectivity index (χ4v) is 2.52. The summed E-state index contributed by atoms with van der Waals surface area (Å²) in [6.07, 6.45) is 4.51. The fourth-order valence-electron chi connectivity index (χ4n) is 2.52. The second kappa shape index (κ2) is 8.98. The highest BCUT2D eigenvalue weighted by Gasteiger charge is 2.29. The molecule has 19 heavy (non-hydrogen) atoms. The van der Waals surface area contributed by atoms with Gasteiger partial charge in [0.05, 0.1) is 0 Å². The zero-order valence-electron chi connectivity index (χ0n) is 11.4. The van der Waals surface area contributed by atoms with Gasteiger partial charge in [-0.1, -0.05) is 19.8 Å². The zero-order valence-corrected chi connectivity index (χ0v) is 12.2. The smallest absolute Gasteiger partial charge is 0.312 e. The first kappa shape index (κ1) is 18.0. The molecule has 0 heterocycles. The van der Waals surface area contributed by atoms with Crippen molar-refractivity contribution >= 4 is 24.3 Å². The highest BCUT2D eigenvalue weighted by atomic mass is 35.5. The van der Waals surface area contributed by atoms with Crippen molar-refractivity contribution in [2.24, 2.45) is 17.4 Å². The number of amides is 3. The maximum Gasteiger partial charge on any atom is 0.312 e. The molecule has 2 unspecified atom stereocenters. The molecule has 0 aromatic rings. The summed E-state index contributed by atoms with van der Waals surface area (Å²) in [6, 6.07) is -1.06. The molecule has 3 amide bonds. The molecule has 3 atom stereocenters. The molecule has 6 nitrogen and oxygen atoms in total. The van der Waals surface area contributed by atoms with Crippen molar-refractivity contribution in [2.45, 2.75) is 51.1 Å². The second-order valence-electron chi connectivity index (χ2n) is 4.89. The standard InChI is InChI=1S/C12H24N4O2.ClH/c1-2-4-10(16-12(14)18)11(17)15-9-6-3-5-8(9)7-13;/h8-10H,2-7,13H2,1H3,(H,15,17)(H3,14,16,18);1H/t8?,9?,10-;/m1./s1. The summed E-state index contributed by atoms with van der Waals surface area (Å²) in [6.45, 7) is 2.55. The van der Waals surface area contributed by atoms with Crippen LogP contribution < -0.4 is 22.1 Å². The zero-order chi connectivity index (χ0) is 13.5. The molecule has 6 N–H and O–H groups in total. The van der Waals surface area contributed by atoms with E-state index in [4.69, 9.17) is 11.5 Å². The van der Waals surface area contributed by atoms with Crippen molar-refractivity contribution in [3.8, 4) is 0 Å². The van der Waals surface area contributed by atoms with Crippen LogP contribution in [-0.2, 0) is 4.79 Å². The van der Waals surface area contributed by atoms with Crippen LogP contribution >= 0.6 is 12.4 Å². The summed E-state index contributed by atoms with van der Waals surface area (Å²) >= 11 is 0. The van der Waals surface area contributed by atoms with E-state index in [-0.39, 0.29) is 24.4 Å². The van der Waals surface area contributed by atoms with Gasteiger partial charge in [-0.2, -0.15) is 0 Å². The van der Waals surface area contributed by atoms with E-state index in [0.717, 1.165) is 25.7 Å². The lowest BCUT2D eigenvalue weighted by Crippen LogP contribution is -2.52. The average Bonchev–Trinajstić information content (AvgIpc) is 2.75. The fraction of sp³-hybridized carbons (Fsp3) is 0.833. The molecule has 1 saturated carbocycles. The molecule has 0 bridgehead atoms. The number of primary amides is 1. The van der Waals surface area contributed by atoms with Crippen molar-refractivity contribution in [1.82, 2.24) is 10.6 Å². The van der Waals surface area contributed by atoms with E-state index in [1.54, 1.807) is 0 Å². The highest BCUT2D eigenvalue weighted by Crippen LogP contribution is 2.24. The van der Waals surface area contributed by atoms with Crippen LogP contribution in [0.25, 0.3) is 0 Å². The van der Waals surface area contributed by atoms with Crippen LogP contribution in [0, 0.1) is 5.92 Å². The molecule has 1 aliphatic rings. The first-order valence-electron chi connectivity index (χ1n) is 6.64. The van der Waals surface area contributed by atoms with Crippen molar-refractivity contribution in [3.05, 3.63) is 0 Å². The van der Waals surface area contributed by atoms with Gasteiger partial charge in [-0.15, -0.1) is 12.4 Å². The van der Waals surface area contributed by atoms with Crippen LogP contribution in [0.1, 0.15) is 39.0 Å². The maximum absolute atomic E-state index is 12.1. The Kier molecular flexibility index (Phi) is 8.51. The minimum absolute atomic E-state index is 0. The summed E-state index contributed by atoms with van der Waals surface area (Å²) in [7, 11) is 0. The summed E-state index contributed by atoms with van der Waals surface area (Å²) < 4.78 is 0. The predicted octanol–water partition coefficient (Wildman–Crippen LogP) is 0.489. The van der Waals surface area contributed by atoms with Crippen LogP contribution in [0.2, 0.25) is 0 Å².